The van der Waals surface area contributed by atoms with Gasteiger partial charge >= 0.3 is 6.09 Å². The molecule has 0 aliphatic rings. The monoisotopic (exact) mass is 237 g/mol. The molecular formula is C13H19NO3. The number of nitrogens with zero attached hydrogens (tertiary/aromatic N) is 1. The van der Waals surface area contributed by atoms with Crippen LogP contribution in [0.2, 0.25) is 0 Å². The Balaban J connectivity index is 4.90. The molecule has 0 heterocycles. The van der Waals surface area contributed by atoms with Crippen molar-refractivity contribution >= 4 is 12.0 Å². The standard InChI is InChI=1S/C13H19NO3/c1-7-8-9-14(11(15)10(2)3)12(16)17-13(4,5)6/h2,9H2,1,3-6H3. The number of carbonyl (C=O) groups is 2. The molecule has 0 unspecified atom stereocenters. The van der Waals surface area contributed by atoms with Crippen LogP contribution in [0.5, 0.6) is 0 Å². The summed E-state index contributed by atoms with van der Waals surface area (Å²) in [5, 5.41) is 0. The van der Waals surface area contributed by atoms with Gasteiger partial charge in [0.1, 0.15) is 5.60 Å². The molecule has 17 heavy (non-hydrogen) atoms. The third-order valence-electron chi connectivity index (χ3n) is 1.64. The number of carbonyl (C=O) groups excluding carboxylic acids is 2. The molecule has 4 nitrogen and oxygen atoms in total. The maximum absolute atomic E-state index is 11.8. The summed E-state index contributed by atoms with van der Waals surface area (Å²) in [6, 6.07) is 0. The van der Waals surface area contributed by atoms with E-state index in [0.717, 1.165) is 4.90 Å². The molecule has 0 aliphatic carbocycles. The summed E-state index contributed by atoms with van der Waals surface area (Å²) >= 11 is 0. The van der Waals surface area contributed by atoms with Crippen molar-refractivity contribution in [3.63, 3.8) is 0 Å². The average molecular weight is 237 g/mol. The minimum Gasteiger partial charge on any atom is -0.443 e. The highest BCUT2D eigenvalue weighted by Gasteiger charge is 2.26. The van der Waals surface area contributed by atoms with Gasteiger partial charge < -0.3 is 4.74 Å². The molecule has 2 amide bonds. The van der Waals surface area contributed by atoms with Gasteiger partial charge in [0.05, 0.1) is 6.54 Å². The zero-order valence-electron chi connectivity index (χ0n) is 11.1. The third-order valence-corrected chi connectivity index (χ3v) is 1.64. The lowest BCUT2D eigenvalue weighted by atomic mass is 10.2. The summed E-state index contributed by atoms with van der Waals surface area (Å²) in [7, 11) is 0. The van der Waals surface area contributed by atoms with Crippen LogP contribution in [0.15, 0.2) is 12.2 Å². The molecule has 0 N–H and O–H groups in total. The second-order valence-electron chi connectivity index (χ2n) is 4.58. The molecule has 0 atom stereocenters. The number of rotatable bonds is 2. The Labute approximate surface area is 103 Å². The Kier molecular flexibility index (Phi) is 5.46. The first-order chi connectivity index (χ1) is 7.69. The van der Waals surface area contributed by atoms with E-state index in [-0.39, 0.29) is 12.1 Å². The minimum absolute atomic E-state index is 0.0110. The molecule has 0 aromatic heterocycles. The summed E-state index contributed by atoms with van der Waals surface area (Å²) in [6.45, 7) is 11.9. The van der Waals surface area contributed by atoms with Gasteiger partial charge in [-0.05, 0) is 34.6 Å². The maximum atomic E-state index is 11.8. The second kappa shape index (κ2) is 6.09. The van der Waals surface area contributed by atoms with Crippen LogP contribution in [-0.4, -0.2) is 29.0 Å². The Bertz CT molecular complexity index is 380. The predicted octanol–water partition coefficient (Wildman–Crippen LogP) is 2.35. The molecule has 0 radical (unpaired) electrons. The summed E-state index contributed by atoms with van der Waals surface area (Å²) in [5.74, 6) is 4.82. The number of amides is 2. The van der Waals surface area contributed by atoms with Crippen LogP contribution in [0.25, 0.3) is 0 Å². The van der Waals surface area contributed by atoms with E-state index >= 15 is 0 Å². The molecule has 94 valence electrons. The Morgan fingerprint density at radius 2 is 1.88 bits per heavy atom. The molecule has 0 fully saturated rings. The molecule has 0 saturated carbocycles. The van der Waals surface area contributed by atoms with Crippen LogP contribution in [0.1, 0.15) is 34.6 Å². The van der Waals surface area contributed by atoms with Gasteiger partial charge in [-0.15, -0.1) is 5.92 Å². The summed E-state index contributed by atoms with van der Waals surface area (Å²) in [4.78, 5) is 24.5. The fourth-order valence-corrected chi connectivity index (χ4v) is 0.925. The number of ether oxygens (including phenoxy) is 1. The van der Waals surface area contributed by atoms with Gasteiger partial charge in [0.25, 0.3) is 5.91 Å². The fourth-order valence-electron chi connectivity index (χ4n) is 0.925. The van der Waals surface area contributed by atoms with Crippen LogP contribution < -0.4 is 0 Å². The van der Waals surface area contributed by atoms with Crippen molar-refractivity contribution in [2.24, 2.45) is 0 Å². The highest BCUT2D eigenvalue weighted by atomic mass is 16.6. The first-order valence-corrected chi connectivity index (χ1v) is 5.29. The second-order valence-corrected chi connectivity index (χ2v) is 4.58. The molecule has 0 spiro atoms. The van der Waals surface area contributed by atoms with E-state index in [4.69, 9.17) is 4.74 Å². The van der Waals surface area contributed by atoms with Crippen LogP contribution in [0.3, 0.4) is 0 Å². The van der Waals surface area contributed by atoms with E-state index < -0.39 is 17.6 Å². The number of hydrogen-bond acceptors (Lipinski definition) is 3. The molecule has 4 heteroatoms. The largest absolute Gasteiger partial charge is 0.443 e. The lowest BCUT2D eigenvalue weighted by molar-refractivity contribution is -0.125. The molecule has 0 bridgehead atoms. The van der Waals surface area contributed by atoms with E-state index in [1.165, 1.54) is 0 Å². The first kappa shape index (κ1) is 15.2. The number of imide groups is 1. The molecular weight excluding hydrogens is 218 g/mol. The van der Waals surface area contributed by atoms with Gasteiger partial charge in [0.2, 0.25) is 0 Å². The van der Waals surface area contributed by atoms with E-state index in [1.807, 2.05) is 0 Å². The quantitative estimate of drug-likeness (QED) is 0.547. The zero-order valence-corrected chi connectivity index (χ0v) is 11.1. The Morgan fingerprint density at radius 3 is 2.24 bits per heavy atom. The third kappa shape index (κ3) is 5.76. The van der Waals surface area contributed by atoms with Crippen molar-refractivity contribution in [2.45, 2.75) is 40.2 Å². The summed E-state index contributed by atoms with van der Waals surface area (Å²) < 4.78 is 5.13. The zero-order chi connectivity index (χ0) is 13.6. The van der Waals surface area contributed by atoms with Crippen molar-refractivity contribution in [1.29, 1.82) is 0 Å². The van der Waals surface area contributed by atoms with Gasteiger partial charge in [0.15, 0.2) is 0 Å². The van der Waals surface area contributed by atoms with E-state index in [9.17, 15) is 9.59 Å². The summed E-state index contributed by atoms with van der Waals surface area (Å²) in [6.07, 6.45) is -0.701. The van der Waals surface area contributed by atoms with Gasteiger partial charge in [0, 0.05) is 5.57 Å². The van der Waals surface area contributed by atoms with Crippen LogP contribution in [0, 0.1) is 11.8 Å². The minimum atomic E-state index is -0.701. The van der Waals surface area contributed by atoms with E-state index in [0.29, 0.717) is 0 Å². The van der Waals surface area contributed by atoms with E-state index in [1.54, 1.807) is 34.6 Å². The lowest BCUT2D eigenvalue weighted by Crippen LogP contribution is -2.41. The van der Waals surface area contributed by atoms with Crippen molar-refractivity contribution in [3.05, 3.63) is 12.2 Å². The van der Waals surface area contributed by atoms with Crippen LogP contribution in [0.4, 0.5) is 4.79 Å². The highest BCUT2D eigenvalue weighted by Crippen LogP contribution is 2.11. The Hall–Kier alpha value is -1.76. The van der Waals surface area contributed by atoms with Crippen molar-refractivity contribution in [2.75, 3.05) is 6.54 Å². The van der Waals surface area contributed by atoms with E-state index in [2.05, 4.69) is 18.4 Å². The van der Waals surface area contributed by atoms with Crippen LogP contribution in [-0.2, 0) is 9.53 Å². The molecule has 0 rings (SSSR count). The maximum Gasteiger partial charge on any atom is 0.418 e. The normalized spacial score (nSPS) is 9.94. The van der Waals surface area contributed by atoms with Crippen molar-refractivity contribution in [3.8, 4) is 11.8 Å². The van der Waals surface area contributed by atoms with Gasteiger partial charge in [-0.3, -0.25) is 4.79 Å². The van der Waals surface area contributed by atoms with Gasteiger partial charge in [-0.2, -0.15) is 0 Å². The van der Waals surface area contributed by atoms with Gasteiger partial charge in [-0.25, -0.2) is 9.69 Å². The van der Waals surface area contributed by atoms with Gasteiger partial charge in [-0.1, -0.05) is 12.5 Å². The van der Waals surface area contributed by atoms with Crippen molar-refractivity contribution in [1.82, 2.24) is 4.90 Å². The van der Waals surface area contributed by atoms with Crippen molar-refractivity contribution < 1.29 is 14.3 Å². The molecule has 0 saturated heterocycles. The summed E-state index contributed by atoms with van der Waals surface area (Å²) in [5.41, 5.74) is -0.376. The average Bonchev–Trinajstić information content (AvgIpc) is 2.15. The first-order valence-electron chi connectivity index (χ1n) is 5.29. The lowest BCUT2D eigenvalue weighted by Gasteiger charge is -2.25. The highest BCUT2D eigenvalue weighted by molar-refractivity contribution is 6.01. The molecule has 0 aliphatic heterocycles. The fraction of sp³-hybridized carbons (Fsp3) is 0.538. The predicted molar refractivity (Wildman–Crippen MR) is 66.2 cm³/mol. The Morgan fingerprint density at radius 1 is 1.35 bits per heavy atom. The molecule has 0 aromatic rings. The smallest absolute Gasteiger partial charge is 0.418 e. The van der Waals surface area contributed by atoms with Crippen LogP contribution >= 0.6 is 0 Å². The topological polar surface area (TPSA) is 46.6 Å². The molecule has 0 aromatic carbocycles. The SMILES string of the molecule is C=C(C)C(=O)N(CC#CC)C(=O)OC(C)(C)C. The number of hydrogen-bond donors (Lipinski definition) is 0.